The Morgan fingerprint density at radius 1 is 1.22 bits per heavy atom. The summed E-state index contributed by atoms with van der Waals surface area (Å²) in [5.74, 6) is 1.47. The molecular weight excluding hydrogens is 316 g/mol. The van der Waals surface area contributed by atoms with Crippen molar-refractivity contribution >= 4 is 16.0 Å². The van der Waals surface area contributed by atoms with Crippen LogP contribution in [0.1, 0.15) is 18.2 Å². The van der Waals surface area contributed by atoms with E-state index in [0.717, 1.165) is 17.9 Å². The summed E-state index contributed by atoms with van der Waals surface area (Å²) in [6.45, 7) is 3.65. The Morgan fingerprint density at radius 2 is 1.96 bits per heavy atom. The molecule has 1 aromatic carbocycles. The zero-order chi connectivity index (χ0) is 16.7. The Bertz CT molecular complexity index is 738. The molecule has 0 aliphatic carbocycles. The van der Waals surface area contributed by atoms with Crippen LogP contribution in [0, 0.1) is 0 Å². The molecule has 0 radical (unpaired) electrons. The number of primary sulfonamides is 1. The molecule has 1 heterocycles. The summed E-state index contributed by atoms with van der Waals surface area (Å²) in [6.07, 6.45) is 1.62. The summed E-state index contributed by atoms with van der Waals surface area (Å²) in [6, 6.07) is 10.0. The summed E-state index contributed by atoms with van der Waals surface area (Å²) >= 11 is 0. The topological polar surface area (TPSA) is 110 Å². The number of hydrogen-bond donors (Lipinski definition) is 3. The zero-order valence-electron chi connectivity index (χ0n) is 12.8. The van der Waals surface area contributed by atoms with Crippen LogP contribution in [0.5, 0.6) is 0 Å². The molecule has 0 saturated carbocycles. The molecular formula is C15H20N4O3S. The molecule has 8 heteroatoms. The van der Waals surface area contributed by atoms with Crippen LogP contribution < -0.4 is 15.8 Å². The van der Waals surface area contributed by atoms with Gasteiger partial charge in [-0.2, -0.15) is 0 Å². The van der Waals surface area contributed by atoms with Crippen molar-refractivity contribution in [2.24, 2.45) is 10.1 Å². The Kier molecular flexibility index (Phi) is 5.78. The van der Waals surface area contributed by atoms with Gasteiger partial charge >= 0.3 is 0 Å². The summed E-state index contributed by atoms with van der Waals surface area (Å²) in [7, 11) is -3.66. The quantitative estimate of drug-likeness (QED) is 0.542. The van der Waals surface area contributed by atoms with E-state index in [0.29, 0.717) is 19.0 Å². The van der Waals surface area contributed by atoms with Crippen molar-refractivity contribution in [1.29, 1.82) is 0 Å². The van der Waals surface area contributed by atoms with E-state index < -0.39 is 10.0 Å². The molecule has 0 spiro atoms. The second kappa shape index (κ2) is 7.80. The summed E-state index contributed by atoms with van der Waals surface area (Å²) < 4.78 is 27.7. The fourth-order valence-electron chi connectivity index (χ4n) is 1.88. The third-order valence-electron chi connectivity index (χ3n) is 3.03. The van der Waals surface area contributed by atoms with Gasteiger partial charge in [0.25, 0.3) is 0 Å². The third kappa shape index (κ3) is 5.42. The van der Waals surface area contributed by atoms with E-state index in [1.165, 1.54) is 12.1 Å². The molecule has 0 aliphatic heterocycles. The second-order valence-corrected chi connectivity index (χ2v) is 6.38. The van der Waals surface area contributed by atoms with Crippen molar-refractivity contribution in [2.75, 3.05) is 6.54 Å². The Morgan fingerprint density at radius 3 is 2.52 bits per heavy atom. The van der Waals surface area contributed by atoms with E-state index in [2.05, 4.69) is 15.6 Å². The van der Waals surface area contributed by atoms with Gasteiger partial charge in [0.05, 0.1) is 24.2 Å². The number of nitrogens with zero attached hydrogens (tertiary/aromatic N) is 1. The lowest BCUT2D eigenvalue weighted by Crippen LogP contribution is -2.36. The van der Waals surface area contributed by atoms with E-state index in [1.54, 1.807) is 18.4 Å². The largest absolute Gasteiger partial charge is 0.467 e. The van der Waals surface area contributed by atoms with Crippen molar-refractivity contribution in [3.8, 4) is 0 Å². The van der Waals surface area contributed by atoms with E-state index in [4.69, 9.17) is 9.56 Å². The summed E-state index contributed by atoms with van der Waals surface area (Å²) in [5, 5.41) is 11.4. The number of furan rings is 1. The van der Waals surface area contributed by atoms with Crippen LogP contribution in [-0.4, -0.2) is 20.9 Å². The van der Waals surface area contributed by atoms with Crippen LogP contribution in [0.2, 0.25) is 0 Å². The molecule has 2 aromatic rings. The Labute approximate surface area is 135 Å². The Balaban J connectivity index is 1.99. The van der Waals surface area contributed by atoms with Gasteiger partial charge in [-0.15, -0.1) is 0 Å². The minimum atomic E-state index is -3.66. The van der Waals surface area contributed by atoms with E-state index in [-0.39, 0.29) is 4.90 Å². The molecule has 0 aliphatic rings. The van der Waals surface area contributed by atoms with Crippen molar-refractivity contribution < 1.29 is 12.8 Å². The van der Waals surface area contributed by atoms with Crippen LogP contribution in [0.15, 0.2) is 57.0 Å². The van der Waals surface area contributed by atoms with Gasteiger partial charge in [-0.05, 0) is 36.8 Å². The molecule has 23 heavy (non-hydrogen) atoms. The summed E-state index contributed by atoms with van der Waals surface area (Å²) in [4.78, 5) is 4.54. The monoisotopic (exact) mass is 336 g/mol. The average molecular weight is 336 g/mol. The first kappa shape index (κ1) is 17.0. The number of rotatable bonds is 6. The number of nitrogens with two attached hydrogens (primary N) is 1. The predicted molar refractivity (Wildman–Crippen MR) is 88.2 cm³/mol. The van der Waals surface area contributed by atoms with Gasteiger partial charge < -0.3 is 15.1 Å². The van der Waals surface area contributed by atoms with Gasteiger partial charge in [0, 0.05) is 6.54 Å². The number of sulfonamides is 1. The van der Waals surface area contributed by atoms with E-state index in [9.17, 15) is 8.42 Å². The van der Waals surface area contributed by atoms with Crippen molar-refractivity contribution in [3.63, 3.8) is 0 Å². The molecule has 0 bridgehead atoms. The average Bonchev–Trinajstić information content (AvgIpc) is 3.03. The van der Waals surface area contributed by atoms with E-state index >= 15 is 0 Å². The molecule has 0 unspecified atom stereocenters. The lowest BCUT2D eigenvalue weighted by atomic mass is 10.2. The van der Waals surface area contributed by atoms with Gasteiger partial charge in [-0.3, -0.25) is 0 Å². The van der Waals surface area contributed by atoms with Crippen LogP contribution in [-0.2, 0) is 23.1 Å². The molecule has 0 amide bonds. The number of guanidine groups is 1. The minimum Gasteiger partial charge on any atom is -0.467 e. The normalized spacial score (nSPS) is 12.2. The highest BCUT2D eigenvalue weighted by Crippen LogP contribution is 2.09. The summed E-state index contributed by atoms with van der Waals surface area (Å²) in [5.41, 5.74) is 0.882. The fourth-order valence-corrected chi connectivity index (χ4v) is 2.40. The van der Waals surface area contributed by atoms with Crippen molar-refractivity contribution in [1.82, 2.24) is 10.6 Å². The highest BCUT2D eigenvalue weighted by Gasteiger charge is 2.06. The van der Waals surface area contributed by atoms with Gasteiger partial charge in [0.15, 0.2) is 5.96 Å². The van der Waals surface area contributed by atoms with E-state index in [1.807, 2.05) is 19.1 Å². The standard InChI is InChI=1S/C15H20N4O3S/c1-2-17-15(19-11-13-4-3-9-22-13)18-10-12-5-7-14(8-6-12)23(16,20)21/h3-9H,2,10-11H2,1H3,(H2,16,20,21)(H2,17,18,19). The fraction of sp³-hybridized carbons (Fsp3) is 0.267. The number of nitrogens with one attached hydrogen (secondary N) is 2. The lowest BCUT2D eigenvalue weighted by Gasteiger charge is -2.10. The maximum Gasteiger partial charge on any atom is 0.238 e. The Hall–Kier alpha value is -2.32. The molecule has 0 atom stereocenters. The lowest BCUT2D eigenvalue weighted by molar-refractivity contribution is 0.501. The first-order valence-corrected chi connectivity index (χ1v) is 8.70. The van der Waals surface area contributed by atoms with Gasteiger partial charge in [-0.25, -0.2) is 18.5 Å². The highest BCUT2D eigenvalue weighted by atomic mass is 32.2. The van der Waals surface area contributed by atoms with Gasteiger partial charge in [-0.1, -0.05) is 12.1 Å². The van der Waals surface area contributed by atoms with Crippen LogP contribution in [0.3, 0.4) is 0 Å². The van der Waals surface area contributed by atoms with Crippen LogP contribution in [0.4, 0.5) is 0 Å². The first-order chi connectivity index (χ1) is 11.0. The molecule has 0 fully saturated rings. The van der Waals surface area contributed by atoms with Crippen molar-refractivity contribution in [3.05, 3.63) is 54.0 Å². The predicted octanol–water partition coefficient (Wildman–Crippen LogP) is 1.18. The molecule has 7 nitrogen and oxygen atoms in total. The smallest absolute Gasteiger partial charge is 0.238 e. The minimum absolute atomic E-state index is 0.0908. The number of hydrogen-bond acceptors (Lipinski definition) is 4. The van der Waals surface area contributed by atoms with Crippen molar-refractivity contribution in [2.45, 2.75) is 24.9 Å². The second-order valence-electron chi connectivity index (χ2n) is 4.82. The molecule has 124 valence electrons. The van der Waals surface area contributed by atoms with Crippen LogP contribution in [0.25, 0.3) is 0 Å². The maximum atomic E-state index is 11.2. The number of aliphatic imine (C=N–C) groups is 1. The third-order valence-corrected chi connectivity index (χ3v) is 3.96. The molecule has 0 saturated heterocycles. The van der Waals surface area contributed by atoms with Gasteiger partial charge in [0.2, 0.25) is 10.0 Å². The zero-order valence-corrected chi connectivity index (χ0v) is 13.6. The van der Waals surface area contributed by atoms with Gasteiger partial charge in [0.1, 0.15) is 5.76 Å². The van der Waals surface area contributed by atoms with Crippen LogP contribution >= 0.6 is 0 Å². The molecule has 2 rings (SSSR count). The SMILES string of the molecule is CCNC(=NCc1ccc(S(N)(=O)=O)cc1)NCc1ccco1. The maximum absolute atomic E-state index is 11.2. The molecule has 1 aromatic heterocycles. The molecule has 4 N–H and O–H groups in total. The highest BCUT2D eigenvalue weighted by molar-refractivity contribution is 7.89. The first-order valence-electron chi connectivity index (χ1n) is 7.15. The number of benzene rings is 1.